The normalized spacial score (nSPS) is 31.7. The maximum atomic E-state index is 11.1. The zero-order valence-electron chi connectivity index (χ0n) is 7.36. The molecule has 1 fully saturated rings. The molecule has 0 N–H and O–H groups in total. The Bertz CT molecular complexity index is 267. The van der Waals surface area contributed by atoms with Crippen LogP contribution in [0.3, 0.4) is 0 Å². The van der Waals surface area contributed by atoms with Crippen LogP contribution in [0.2, 0.25) is 0 Å². The van der Waals surface area contributed by atoms with Crippen LogP contribution >= 0.6 is 0 Å². The van der Waals surface area contributed by atoms with E-state index in [2.05, 4.69) is 6.58 Å². The van der Waals surface area contributed by atoms with E-state index in [1.54, 1.807) is 12.2 Å². The van der Waals surface area contributed by atoms with Crippen molar-refractivity contribution in [2.45, 2.75) is 12.7 Å². The smallest absolute Gasteiger partial charge is 0.180 e. The van der Waals surface area contributed by atoms with E-state index in [-0.39, 0.29) is 18.0 Å². The van der Waals surface area contributed by atoms with Gasteiger partial charge in [0.2, 0.25) is 0 Å². The number of carbonyl (C=O) groups excluding carboxylic acids is 1. The Hall–Kier alpha value is -0.930. The van der Waals surface area contributed by atoms with E-state index >= 15 is 0 Å². The molecule has 2 atom stereocenters. The predicted octanol–water partition coefficient (Wildman–Crippen LogP) is 1.06. The Balaban J connectivity index is 2.02. The Kier molecular flexibility index (Phi) is 2.29. The number of hydrogen-bond donors (Lipinski definition) is 0. The van der Waals surface area contributed by atoms with Gasteiger partial charge in [-0.3, -0.25) is 4.79 Å². The monoisotopic (exact) mass is 180 g/mol. The van der Waals surface area contributed by atoms with E-state index in [1.807, 2.05) is 0 Å². The lowest BCUT2D eigenvalue weighted by Crippen LogP contribution is -2.12. The molecule has 0 aromatic heterocycles. The van der Waals surface area contributed by atoms with Gasteiger partial charge in [0.25, 0.3) is 0 Å². The molecule has 0 bridgehead atoms. The van der Waals surface area contributed by atoms with Crippen LogP contribution in [0.5, 0.6) is 0 Å². The summed E-state index contributed by atoms with van der Waals surface area (Å²) in [5.74, 6) is 0.456. The molecule has 0 aromatic carbocycles. The summed E-state index contributed by atoms with van der Waals surface area (Å²) < 4.78 is 10.7. The largest absolute Gasteiger partial charge is 0.348 e. The third-order valence-corrected chi connectivity index (χ3v) is 2.33. The summed E-state index contributed by atoms with van der Waals surface area (Å²) in [6, 6.07) is 0. The molecular weight excluding hydrogens is 168 g/mol. The molecule has 1 aliphatic heterocycles. The minimum atomic E-state index is -0.311. The average molecular weight is 180 g/mol. The number of ketones is 1. The molecule has 2 rings (SSSR count). The Morgan fingerprint density at radius 2 is 2.62 bits per heavy atom. The Labute approximate surface area is 77.0 Å². The predicted molar refractivity (Wildman–Crippen MR) is 47.1 cm³/mol. The van der Waals surface area contributed by atoms with Crippen LogP contribution in [-0.2, 0) is 14.3 Å². The highest BCUT2D eigenvalue weighted by molar-refractivity contribution is 5.93. The van der Waals surface area contributed by atoms with Crippen molar-refractivity contribution in [3.05, 3.63) is 24.3 Å². The maximum Gasteiger partial charge on any atom is 0.180 e. The van der Waals surface area contributed by atoms with E-state index in [1.165, 1.54) is 0 Å². The summed E-state index contributed by atoms with van der Waals surface area (Å²) in [5.41, 5.74) is 1.01. The van der Waals surface area contributed by atoms with Crippen molar-refractivity contribution in [1.29, 1.82) is 0 Å². The van der Waals surface area contributed by atoms with Crippen LogP contribution in [0, 0.1) is 5.92 Å². The molecule has 0 aromatic rings. The first-order valence-electron chi connectivity index (χ1n) is 4.39. The second kappa shape index (κ2) is 3.44. The van der Waals surface area contributed by atoms with Gasteiger partial charge in [-0.2, -0.15) is 0 Å². The Morgan fingerprint density at radius 3 is 3.38 bits per heavy atom. The first kappa shape index (κ1) is 8.66. The molecule has 0 saturated carbocycles. The second-order valence-corrected chi connectivity index (χ2v) is 3.30. The van der Waals surface area contributed by atoms with E-state index < -0.39 is 0 Å². The summed E-state index contributed by atoms with van der Waals surface area (Å²) in [6.07, 6.45) is 3.61. The molecule has 70 valence electrons. The fraction of sp³-hybridized carbons (Fsp3) is 0.500. The highest BCUT2D eigenvalue weighted by Crippen LogP contribution is 2.34. The molecule has 1 heterocycles. The highest BCUT2D eigenvalue weighted by atomic mass is 16.7. The van der Waals surface area contributed by atoms with Crippen molar-refractivity contribution in [2.75, 3.05) is 13.2 Å². The Morgan fingerprint density at radius 1 is 1.77 bits per heavy atom. The lowest BCUT2D eigenvalue weighted by molar-refractivity contribution is -0.115. The number of ether oxygens (including phenoxy) is 2. The number of carbonyl (C=O) groups is 1. The first-order chi connectivity index (χ1) is 6.31. The molecule has 0 spiro atoms. The van der Waals surface area contributed by atoms with Gasteiger partial charge in [-0.1, -0.05) is 6.08 Å². The van der Waals surface area contributed by atoms with Crippen LogP contribution in [0.15, 0.2) is 24.3 Å². The number of rotatable bonds is 3. The van der Waals surface area contributed by atoms with Gasteiger partial charge >= 0.3 is 0 Å². The van der Waals surface area contributed by atoms with Gasteiger partial charge in [0.1, 0.15) is 0 Å². The number of allylic oxidation sites excluding steroid dienone is 1. The topological polar surface area (TPSA) is 35.5 Å². The molecule has 13 heavy (non-hydrogen) atoms. The minimum absolute atomic E-state index is 0.190. The van der Waals surface area contributed by atoms with Crippen LogP contribution in [-0.4, -0.2) is 25.3 Å². The van der Waals surface area contributed by atoms with E-state index in [0.717, 1.165) is 5.57 Å². The average Bonchev–Trinajstić information content (AvgIpc) is 2.61. The summed E-state index contributed by atoms with van der Waals surface area (Å²) in [5, 5.41) is 0. The molecule has 0 unspecified atom stereocenters. The second-order valence-electron chi connectivity index (χ2n) is 3.30. The molecule has 2 aliphatic rings. The van der Waals surface area contributed by atoms with Crippen molar-refractivity contribution < 1.29 is 14.3 Å². The van der Waals surface area contributed by atoms with Crippen molar-refractivity contribution in [2.24, 2.45) is 5.92 Å². The standard InChI is InChI=1S/C10H12O3/c1-2-3-12-10-9-5-8(11)4-7(9)6-13-10/h2,5,7,10H,1,3-4,6H2/t7-,10-/m1/s1. The molecule has 1 saturated heterocycles. The van der Waals surface area contributed by atoms with E-state index in [4.69, 9.17) is 9.47 Å². The van der Waals surface area contributed by atoms with Gasteiger partial charge in [-0.05, 0) is 11.6 Å². The van der Waals surface area contributed by atoms with Crippen molar-refractivity contribution in [1.82, 2.24) is 0 Å². The molecule has 3 heteroatoms. The number of fused-ring (bicyclic) bond motifs is 1. The summed E-state index contributed by atoms with van der Waals surface area (Å²) in [4.78, 5) is 11.1. The van der Waals surface area contributed by atoms with Gasteiger partial charge in [0.15, 0.2) is 12.1 Å². The number of hydrogen-bond acceptors (Lipinski definition) is 3. The van der Waals surface area contributed by atoms with Gasteiger partial charge in [0.05, 0.1) is 13.2 Å². The molecular formula is C10H12O3. The van der Waals surface area contributed by atoms with E-state index in [9.17, 15) is 4.79 Å². The quantitative estimate of drug-likeness (QED) is 0.609. The summed E-state index contributed by atoms with van der Waals surface area (Å²) >= 11 is 0. The van der Waals surface area contributed by atoms with Gasteiger partial charge in [-0.25, -0.2) is 0 Å². The third-order valence-electron chi connectivity index (χ3n) is 2.33. The fourth-order valence-corrected chi connectivity index (χ4v) is 1.74. The van der Waals surface area contributed by atoms with Gasteiger partial charge in [0, 0.05) is 12.3 Å². The zero-order chi connectivity index (χ0) is 9.26. The fourth-order valence-electron chi connectivity index (χ4n) is 1.74. The zero-order valence-corrected chi connectivity index (χ0v) is 7.36. The van der Waals surface area contributed by atoms with E-state index in [0.29, 0.717) is 19.6 Å². The molecule has 0 amide bonds. The SMILES string of the molecule is C=CCO[C@@H]1OC[C@H]2CC(=O)C=C21. The first-order valence-corrected chi connectivity index (χ1v) is 4.39. The molecule has 0 radical (unpaired) electrons. The summed E-state index contributed by atoms with van der Waals surface area (Å²) in [6.45, 7) is 4.63. The maximum absolute atomic E-state index is 11.1. The molecule has 1 aliphatic carbocycles. The van der Waals surface area contributed by atoms with Crippen LogP contribution in [0.25, 0.3) is 0 Å². The minimum Gasteiger partial charge on any atom is -0.348 e. The van der Waals surface area contributed by atoms with Crippen LogP contribution < -0.4 is 0 Å². The van der Waals surface area contributed by atoms with Crippen molar-refractivity contribution in [3.8, 4) is 0 Å². The lowest BCUT2D eigenvalue weighted by atomic mass is 10.1. The van der Waals surface area contributed by atoms with Crippen molar-refractivity contribution >= 4 is 5.78 Å². The lowest BCUT2D eigenvalue weighted by Gasteiger charge is -2.10. The van der Waals surface area contributed by atoms with Crippen LogP contribution in [0.4, 0.5) is 0 Å². The van der Waals surface area contributed by atoms with Crippen LogP contribution in [0.1, 0.15) is 6.42 Å². The van der Waals surface area contributed by atoms with Crippen molar-refractivity contribution in [3.63, 3.8) is 0 Å². The van der Waals surface area contributed by atoms with Gasteiger partial charge in [-0.15, -0.1) is 6.58 Å². The molecule has 3 nitrogen and oxygen atoms in total. The van der Waals surface area contributed by atoms with Gasteiger partial charge < -0.3 is 9.47 Å². The highest BCUT2D eigenvalue weighted by Gasteiger charge is 2.37. The summed E-state index contributed by atoms with van der Waals surface area (Å²) in [7, 11) is 0. The third kappa shape index (κ3) is 1.57.